The standard InChI is InChI=1S/C23H23ClN2O3/c1-2-29-22(27)13-15-11-18(10-14-5-3-4-6-19(14)15)25-23(28)21-12-16-9-17(24)7-8-20(16)26-21/h3-9,12,15,18,26H,2,10-11,13H2,1H3,(H,25,28)/t15-,18-/m0/s1. The van der Waals surface area contributed by atoms with Gasteiger partial charge >= 0.3 is 5.97 Å². The van der Waals surface area contributed by atoms with E-state index in [-0.39, 0.29) is 23.8 Å². The van der Waals surface area contributed by atoms with Crippen LogP contribution in [0.5, 0.6) is 0 Å². The van der Waals surface area contributed by atoms with Crippen LogP contribution >= 0.6 is 11.6 Å². The molecule has 1 aliphatic carbocycles. The van der Waals surface area contributed by atoms with Crippen LogP contribution in [-0.2, 0) is 16.0 Å². The predicted molar refractivity (Wildman–Crippen MR) is 113 cm³/mol. The summed E-state index contributed by atoms with van der Waals surface area (Å²) in [5, 5.41) is 4.66. The fourth-order valence-electron chi connectivity index (χ4n) is 4.15. The summed E-state index contributed by atoms with van der Waals surface area (Å²) in [6, 6.07) is 15.4. The second kappa shape index (κ2) is 8.29. The molecule has 5 nitrogen and oxygen atoms in total. The first-order chi connectivity index (χ1) is 14.0. The van der Waals surface area contributed by atoms with Crippen molar-refractivity contribution >= 4 is 34.4 Å². The number of hydrogen-bond donors (Lipinski definition) is 2. The number of H-pyrrole nitrogens is 1. The third-order valence-corrected chi connectivity index (χ3v) is 5.65. The molecule has 0 fully saturated rings. The van der Waals surface area contributed by atoms with Gasteiger partial charge in [0.05, 0.1) is 13.0 Å². The van der Waals surface area contributed by atoms with E-state index in [1.54, 1.807) is 6.07 Å². The SMILES string of the molecule is CCOC(=O)C[C@@H]1C[C@@H](NC(=O)c2cc3cc(Cl)ccc3[nH]2)Cc2ccccc21. The summed E-state index contributed by atoms with van der Waals surface area (Å²) in [4.78, 5) is 28.1. The minimum atomic E-state index is -0.202. The molecule has 0 radical (unpaired) electrons. The molecule has 0 bridgehead atoms. The largest absolute Gasteiger partial charge is 0.466 e. The van der Waals surface area contributed by atoms with E-state index in [4.69, 9.17) is 16.3 Å². The Morgan fingerprint density at radius 3 is 2.86 bits per heavy atom. The minimum absolute atomic E-state index is 0.0332. The van der Waals surface area contributed by atoms with Crippen LogP contribution < -0.4 is 5.32 Å². The summed E-state index contributed by atoms with van der Waals surface area (Å²) in [6.07, 6.45) is 1.77. The summed E-state index contributed by atoms with van der Waals surface area (Å²) in [6.45, 7) is 2.18. The zero-order valence-electron chi connectivity index (χ0n) is 16.2. The van der Waals surface area contributed by atoms with Crippen molar-refractivity contribution < 1.29 is 14.3 Å². The van der Waals surface area contributed by atoms with Crippen molar-refractivity contribution in [1.82, 2.24) is 10.3 Å². The van der Waals surface area contributed by atoms with E-state index in [0.29, 0.717) is 30.2 Å². The lowest BCUT2D eigenvalue weighted by Crippen LogP contribution is -2.40. The van der Waals surface area contributed by atoms with Crippen molar-refractivity contribution in [2.75, 3.05) is 6.61 Å². The Kier molecular flexibility index (Phi) is 5.58. The number of hydrogen-bond acceptors (Lipinski definition) is 3. The molecule has 1 aromatic heterocycles. The predicted octanol–water partition coefficient (Wildman–Crippen LogP) is 4.60. The molecule has 0 saturated heterocycles. The molecule has 6 heteroatoms. The lowest BCUT2D eigenvalue weighted by molar-refractivity contribution is -0.143. The number of halogens is 1. The van der Waals surface area contributed by atoms with Gasteiger partial charge < -0.3 is 15.0 Å². The molecule has 3 aromatic rings. The molecule has 2 N–H and O–H groups in total. The summed E-state index contributed by atoms with van der Waals surface area (Å²) >= 11 is 6.04. The van der Waals surface area contributed by atoms with Gasteiger partial charge in [0.25, 0.3) is 5.91 Å². The molecule has 1 amide bonds. The van der Waals surface area contributed by atoms with E-state index in [1.165, 1.54) is 11.1 Å². The smallest absolute Gasteiger partial charge is 0.306 e. The van der Waals surface area contributed by atoms with Gasteiger partial charge in [-0.05, 0) is 61.1 Å². The van der Waals surface area contributed by atoms with Gasteiger partial charge in [0.15, 0.2) is 0 Å². The quantitative estimate of drug-likeness (QED) is 0.603. The Labute approximate surface area is 174 Å². The van der Waals surface area contributed by atoms with Crippen LogP contribution in [0.2, 0.25) is 5.02 Å². The number of benzene rings is 2. The highest BCUT2D eigenvalue weighted by Crippen LogP contribution is 2.34. The molecule has 1 heterocycles. The molecule has 2 aromatic carbocycles. The molecule has 4 rings (SSSR count). The van der Waals surface area contributed by atoms with Gasteiger partial charge in [0, 0.05) is 22.0 Å². The van der Waals surface area contributed by atoms with Gasteiger partial charge in [-0.15, -0.1) is 0 Å². The van der Waals surface area contributed by atoms with Gasteiger partial charge in [-0.3, -0.25) is 9.59 Å². The number of ether oxygens (including phenoxy) is 1. The van der Waals surface area contributed by atoms with Crippen LogP contribution in [0.4, 0.5) is 0 Å². The maximum absolute atomic E-state index is 12.8. The van der Waals surface area contributed by atoms with Crippen molar-refractivity contribution in [2.45, 2.75) is 38.1 Å². The first-order valence-corrected chi connectivity index (χ1v) is 10.2. The Hall–Kier alpha value is -2.79. The number of nitrogens with one attached hydrogen (secondary N) is 2. The first kappa shape index (κ1) is 19.5. The first-order valence-electron chi connectivity index (χ1n) is 9.86. The molecule has 0 unspecified atom stereocenters. The molecule has 1 aliphatic rings. The van der Waals surface area contributed by atoms with Crippen molar-refractivity contribution in [2.24, 2.45) is 0 Å². The van der Waals surface area contributed by atoms with Gasteiger partial charge in [0.1, 0.15) is 5.69 Å². The average Bonchev–Trinajstić information content (AvgIpc) is 3.11. The Morgan fingerprint density at radius 1 is 1.21 bits per heavy atom. The maximum Gasteiger partial charge on any atom is 0.306 e. The zero-order chi connectivity index (χ0) is 20.4. The van der Waals surface area contributed by atoms with Crippen molar-refractivity contribution in [1.29, 1.82) is 0 Å². The number of amides is 1. The second-order valence-corrected chi connectivity index (χ2v) is 7.87. The molecule has 0 aliphatic heterocycles. The van der Waals surface area contributed by atoms with E-state index in [2.05, 4.69) is 22.4 Å². The average molecular weight is 411 g/mol. The van der Waals surface area contributed by atoms with Crippen molar-refractivity contribution in [3.8, 4) is 0 Å². The van der Waals surface area contributed by atoms with Gasteiger partial charge in [0.2, 0.25) is 0 Å². The Bertz CT molecular complexity index is 1060. The minimum Gasteiger partial charge on any atom is -0.466 e. The van der Waals surface area contributed by atoms with E-state index in [0.717, 1.165) is 17.3 Å². The lowest BCUT2D eigenvalue weighted by Gasteiger charge is -2.31. The highest BCUT2D eigenvalue weighted by molar-refractivity contribution is 6.31. The fraction of sp³-hybridized carbons (Fsp3) is 0.304. The van der Waals surface area contributed by atoms with E-state index >= 15 is 0 Å². The third kappa shape index (κ3) is 4.30. The summed E-state index contributed by atoms with van der Waals surface area (Å²) < 4.78 is 5.15. The summed E-state index contributed by atoms with van der Waals surface area (Å²) in [5.41, 5.74) is 3.71. The maximum atomic E-state index is 12.8. The Morgan fingerprint density at radius 2 is 2.03 bits per heavy atom. The molecule has 150 valence electrons. The highest BCUT2D eigenvalue weighted by atomic mass is 35.5. The van der Waals surface area contributed by atoms with Crippen LogP contribution in [0.3, 0.4) is 0 Å². The fourth-order valence-corrected chi connectivity index (χ4v) is 4.33. The number of aromatic amines is 1. The Balaban J connectivity index is 1.52. The lowest BCUT2D eigenvalue weighted by atomic mass is 9.78. The number of fused-ring (bicyclic) bond motifs is 2. The number of carbonyl (C=O) groups is 2. The second-order valence-electron chi connectivity index (χ2n) is 7.43. The van der Waals surface area contributed by atoms with Crippen LogP contribution in [0.25, 0.3) is 10.9 Å². The molecule has 0 saturated carbocycles. The summed E-state index contributed by atoms with van der Waals surface area (Å²) in [5.74, 6) is -0.325. The van der Waals surface area contributed by atoms with Crippen LogP contribution in [0, 0.1) is 0 Å². The molecular weight excluding hydrogens is 388 g/mol. The topological polar surface area (TPSA) is 71.2 Å². The van der Waals surface area contributed by atoms with Gasteiger partial charge in [-0.25, -0.2) is 0 Å². The number of esters is 1. The van der Waals surface area contributed by atoms with Crippen molar-refractivity contribution in [3.63, 3.8) is 0 Å². The van der Waals surface area contributed by atoms with Gasteiger partial charge in [-0.2, -0.15) is 0 Å². The number of rotatable bonds is 5. The monoisotopic (exact) mass is 410 g/mol. The van der Waals surface area contributed by atoms with E-state index in [9.17, 15) is 9.59 Å². The van der Waals surface area contributed by atoms with Crippen LogP contribution in [0.15, 0.2) is 48.5 Å². The van der Waals surface area contributed by atoms with E-state index < -0.39 is 0 Å². The van der Waals surface area contributed by atoms with Gasteiger partial charge in [-0.1, -0.05) is 35.9 Å². The van der Waals surface area contributed by atoms with Crippen LogP contribution in [0.1, 0.15) is 47.3 Å². The third-order valence-electron chi connectivity index (χ3n) is 5.41. The number of carbonyl (C=O) groups excluding carboxylic acids is 2. The molecular formula is C23H23ClN2O3. The van der Waals surface area contributed by atoms with E-state index in [1.807, 2.05) is 37.3 Å². The summed E-state index contributed by atoms with van der Waals surface area (Å²) in [7, 11) is 0. The highest BCUT2D eigenvalue weighted by Gasteiger charge is 2.30. The van der Waals surface area contributed by atoms with Crippen molar-refractivity contribution in [3.05, 3.63) is 70.4 Å². The van der Waals surface area contributed by atoms with Crippen LogP contribution in [-0.4, -0.2) is 29.5 Å². The molecule has 2 atom stereocenters. The molecule has 0 spiro atoms. The zero-order valence-corrected chi connectivity index (χ0v) is 17.0. The number of aromatic nitrogens is 1. The molecule has 29 heavy (non-hydrogen) atoms. The normalized spacial score (nSPS) is 18.3.